The van der Waals surface area contributed by atoms with E-state index >= 15 is 0 Å². The van der Waals surface area contributed by atoms with Crippen molar-refractivity contribution in [2.24, 2.45) is 0 Å². The van der Waals surface area contributed by atoms with E-state index in [9.17, 15) is 5.11 Å². The number of ether oxygens (including phenoxy) is 2. The van der Waals surface area contributed by atoms with Gasteiger partial charge in [0.2, 0.25) is 0 Å². The summed E-state index contributed by atoms with van der Waals surface area (Å²) >= 11 is 6.28. The molecule has 0 amide bonds. The normalized spacial score (nSPS) is 11.1. The van der Waals surface area contributed by atoms with Gasteiger partial charge in [-0.15, -0.1) is 0 Å². The predicted molar refractivity (Wildman–Crippen MR) is 96.9 cm³/mol. The Morgan fingerprint density at radius 3 is 2.50 bits per heavy atom. The van der Waals surface area contributed by atoms with E-state index in [-0.39, 0.29) is 5.75 Å². The van der Waals surface area contributed by atoms with Crippen LogP contribution in [0.25, 0.3) is 23.1 Å². The summed E-state index contributed by atoms with van der Waals surface area (Å²) in [6.45, 7) is 0. The van der Waals surface area contributed by atoms with Gasteiger partial charge < -0.3 is 14.6 Å². The van der Waals surface area contributed by atoms with Gasteiger partial charge in [0.25, 0.3) is 0 Å². The molecule has 0 atom stereocenters. The van der Waals surface area contributed by atoms with Crippen molar-refractivity contribution in [3.63, 3.8) is 0 Å². The van der Waals surface area contributed by atoms with Crippen LogP contribution in [-0.4, -0.2) is 24.3 Å². The Kier molecular flexibility index (Phi) is 4.58. The second-order valence-corrected chi connectivity index (χ2v) is 5.55. The van der Waals surface area contributed by atoms with Crippen molar-refractivity contribution in [3.05, 3.63) is 58.7 Å². The van der Waals surface area contributed by atoms with Gasteiger partial charge >= 0.3 is 0 Å². The third-order valence-electron chi connectivity index (χ3n) is 3.66. The summed E-state index contributed by atoms with van der Waals surface area (Å²) in [5.74, 6) is 1.34. The highest BCUT2D eigenvalue weighted by Crippen LogP contribution is 2.34. The Hall–Kier alpha value is -2.72. The molecule has 3 aromatic rings. The first kappa shape index (κ1) is 16.1. The summed E-state index contributed by atoms with van der Waals surface area (Å²) in [5.41, 5.74) is 2.07. The predicted octanol–water partition coefficient (Wildman–Crippen LogP) is 4.78. The first-order chi connectivity index (χ1) is 11.6. The van der Waals surface area contributed by atoms with E-state index in [2.05, 4.69) is 4.98 Å². The molecule has 0 aliphatic rings. The van der Waals surface area contributed by atoms with Gasteiger partial charge in [0.15, 0.2) is 11.5 Å². The Morgan fingerprint density at radius 2 is 1.75 bits per heavy atom. The molecule has 3 rings (SSSR count). The van der Waals surface area contributed by atoms with Crippen LogP contribution in [-0.2, 0) is 0 Å². The lowest BCUT2D eigenvalue weighted by molar-refractivity contribution is 0.355. The molecular weight excluding hydrogens is 326 g/mol. The van der Waals surface area contributed by atoms with E-state index in [1.165, 1.54) is 0 Å². The summed E-state index contributed by atoms with van der Waals surface area (Å²) < 4.78 is 10.5. The number of phenolic OH excluding ortho intramolecular Hbond substituents is 1. The van der Waals surface area contributed by atoms with Gasteiger partial charge in [-0.1, -0.05) is 35.9 Å². The summed E-state index contributed by atoms with van der Waals surface area (Å²) in [6, 6.07) is 12.6. The standard InChI is InChI=1S/C19H16ClNO3/c1-23-17-10-13(15(20)11-18(17)24-2)7-9-14-8-6-12-4-3-5-16(22)19(12)21-14/h3-11,22H,1-2H3/b9-7+. The summed E-state index contributed by atoms with van der Waals surface area (Å²) in [5, 5.41) is 11.3. The minimum Gasteiger partial charge on any atom is -0.506 e. The zero-order valence-electron chi connectivity index (χ0n) is 13.3. The molecule has 1 heterocycles. The van der Waals surface area contributed by atoms with Gasteiger partial charge in [-0.2, -0.15) is 0 Å². The van der Waals surface area contributed by atoms with Crippen molar-refractivity contribution in [2.75, 3.05) is 14.2 Å². The van der Waals surface area contributed by atoms with Crippen LogP contribution in [0.4, 0.5) is 0 Å². The van der Waals surface area contributed by atoms with E-state index in [1.807, 2.05) is 30.4 Å². The highest BCUT2D eigenvalue weighted by atomic mass is 35.5. The highest BCUT2D eigenvalue weighted by molar-refractivity contribution is 6.32. The third kappa shape index (κ3) is 3.14. The average Bonchev–Trinajstić information content (AvgIpc) is 2.61. The SMILES string of the molecule is COc1cc(Cl)c(/C=C/c2ccc3cccc(O)c3n2)cc1OC. The van der Waals surface area contributed by atoms with Gasteiger partial charge in [-0.25, -0.2) is 4.98 Å². The minimum atomic E-state index is 0.159. The Bertz CT molecular complexity index is 922. The Balaban J connectivity index is 1.97. The van der Waals surface area contributed by atoms with Crippen molar-refractivity contribution in [1.29, 1.82) is 0 Å². The number of hydrogen-bond donors (Lipinski definition) is 1. The van der Waals surface area contributed by atoms with Crippen LogP contribution in [0.2, 0.25) is 5.02 Å². The van der Waals surface area contributed by atoms with Crippen LogP contribution >= 0.6 is 11.6 Å². The van der Waals surface area contributed by atoms with Crippen LogP contribution in [0.1, 0.15) is 11.3 Å². The lowest BCUT2D eigenvalue weighted by atomic mass is 10.1. The van der Waals surface area contributed by atoms with Crippen molar-refractivity contribution in [2.45, 2.75) is 0 Å². The summed E-state index contributed by atoms with van der Waals surface area (Å²) in [7, 11) is 3.14. The first-order valence-electron chi connectivity index (χ1n) is 7.30. The van der Waals surface area contributed by atoms with Crippen molar-refractivity contribution < 1.29 is 14.6 Å². The summed E-state index contributed by atoms with van der Waals surface area (Å²) in [6.07, 6.45) is 3.68. The minimum absolute atomic E-state index is 0.159. The molecule has 0 aliphatic heterocycles. The van der Waals surface area contributed by atoms with Crippen LogP contribution in [0.5, 0.6) is 17.2 Å². The second-order valence-electron chi connectivity index (χ2n) is 5.15. The number of methoxy groups -OCH3 is 2. The van der Waals surface area contributed by atoms with E-state index in [1.54, 1.807) is 38.5 Å². The van der Waals surface area contributed by atoms with Crippen LogP contribution in [0.3, 0.4) is 0 Å². The molecule has 0 unspecified atom stereocenters. The van der Waals surface area contributed by atoms with Gasteiger partial charge in [0, 0.05) is 11.5 Å². The first-order valence-corrected chi connectivity index (χ1v) is 7.68. The number of phenols is 1. The molecule has 5 heteroatoms. The number of benzene rings is 2. The van der Waals surface area contributed by atoms with Crippen LogP contribution < -0.4 is 9.47 Å². The summed E-state index contributed by atoms with van der Waals surface area (Å²) in [4.78, 5) is 4.46. The van der Waals surface area contributed by atoms with E-state index in [0.717, 1.165) is 16.6 Å². The van der Waals surface area contributed by atoms with Gasteiger partial charge in [-0.3, -0.25) is 0 Å². The highest BCUT2D eigenvalue weighted by Gasteiger charge is 2.08. The third-order valence-corrected chi connectivity index (χ3v) is 3.98. The molecule has 0 radical (unpaired) electrons. The maximum absolute atomic E-state index is 9.91. The number of halogens is 1. The molecule has 0 saturated carbocycles. The van der Waals surface area contributed by atoms with Crippen molar-refractivity contribution in [1.82, 2.24) is 4.98 Å². The molecule has 1 N–H and O–H groups in total. The van der Waals surface area contributed by atoms with Crippen LogP contribution in [0.15, 0.2) is 42.5 Å². The Morgan fingerprint density at radius 1 is 1.00 bits per heavy atom. The molecule has 1 aromatic heterocycles. The van der Waals surface area contributed by atoms with E-state index in [0.29, 0.717) is 22.0 Å². The molecular formula is C19H16ClNO3. The number of nitrogens with zero attached hydrogens (tertiary/aromatic N) is 1. The molecule has 0 bridgehead atoms. The van der Waals surface area contributed by atoms with Crippen LogP contribution in [0, 0.1) is 0 Å². The molecule has 24 heavy (non-hydrogen) atoms. The fourth-order valence-corrected chi connectivity index (χ4v) is 2.63. The Labute approximate surface area is 144 Å². The van der Waals surface area contributed by atoms with E-state index < -0.39 is 0 Å². The zero-order valence-corrected chi connectivity index (χ0v) is 14.0. The maximum atomic E-state index is 9.91. The monoisotopic (exact) mass is 341 g/mol. The molecule has 2 aromatic carbocycles. The number of aromatic hydroxyl groups is 1. The quantitative estimate of drug-likeness (QED) is 0.741. The number of fused-ring (bicyclic) bond motifs is 1. The topological polar surface area (TPSA) is 51.6 Å². The molecule has 0 saturated heterocycles. The molecule has 4 nitrogen and oxygen atoms in total. The lowest BCUT2D eigenvalue weighted by Crippen LogP contribution is -1.91. The fraction of sp³-hybridized carbons (Fsp3) is 0.105. The van der Waals surface area contributed by atoms with E-state index in [4.69, 9.17) is 21.1 Å². The molecule has 122 valence electrons. The number of para-hydroxylation sites is 1. The largest absolute Gasteiger partial charge is 0.506 e. The number of rotatable bonds is 4. The maximum Gasteiger partial charge on any atom is 0.162 e. The lowest BCUT2D eigenvalue weighted by Gasteiger charge is -2.09. The van der Waals surface area contributed by atoms with Crippen molar-refractivity contribution >= 4 is 34.7 Å². The second kappa shape index (κ2) is 6.81. The molecule has 0 spiro atoms. The van der Waals surface area contributed by atoms with Gasteiger partial charge in [0.05, 0.1) is 24.9 Å². The average molecular weight is 342 g/mol. The number of aromatic nitrogens is 1. The van der Waals surface area contributed by atoms with Crippen molar-refractivity contribution in [3.8, 4) is 17.2 Å². The zero-order chi connectivity index (χ0) is 17.1. The number of pyridine rings is 1. The van der Waals surface area contributed by atoms with Gasteiger partial charge in [-0.05, 0) is 29.8 Å². The smallest absolute Gasteiger partial charge is 0.162 e. The number of hydrogen-bond acceptors (Lipinski definition) is 4. The fourth-order valence-electron chi connectivity index (χ4n) is 2.41. The van der Waals surface area contributed by atoms with Gasteiger partial charge in [0.1, 0.15) is 11.3 Å². The molecule has 0 aliphatic carbocycles. The molecule has 0 fully saturated rings.